The van der Waals surface area contributed by atoms with Crippen LogP contribution in [-0.2, 0) is 15.8 Å². The lowest BCUT2D eigenvalue weighted by molar-refractivity contribution is 0.184. The smallest absolute Gasteiger partial charge is 0.172 e. The molecule has 16 heavy (non-hydrogen) atoms. The van der Waals surface area contributed by atoms with Gasteiger partial charge in [-0.15, -0.1) is 0 Å². The van der Waals surface area contributed by atoms with Gasteiger partial charge >= 0.3 is 0 Å². The van der Waals surface area contributed by atoms with E-state index in [1.165, 1.54) is 6.42 Å². The maximum Gasteiger partial charge on any atom is 0.172 e. The molecule has 1 aliphatic heterocycles. The third kappa shape index (κ3) is 4.88. The Hall–Kier alpha value is -0.0100. The zero-order valence-electron chi connectivity index (χ0n) is 9.85. The van der Waals surface area contributed by atoms with Gasteiger partial charge in [0.25, 0.3) is 0 Å². The van der Waals surface area contributed by atoms with Crippen LogP contribution in [0, 0.1) is 0 Å². The summed E-state index contributed by atoms with van der Waals surface area (Å²) >= 11 is -1.78. The van der Waals surface area contributed by atoms with E-state index < -0.39 is 11.1 Å². The van der Waals surface area contributed by atoms with Crippen molar-refractivity contribution in [1.82, 2.24) is 10.2 Å². The standard InChI is InChI=1S/C10H22N2O3S/c1-15-8-5-11-9-10(16(13)14)12-6-3-2-4-7-12/h10-11H,2-9H2,1H3,(H,13,14). The van der Waals surface area contributed by atoms with Crippen molar-refractivity contribution in [1.29, 1.82) is 0 Å². The Morgan fingerprint density at radius 2 is 2.12 bits per heavy atom. The highest BCUT2D eigenvalue weighted by Crippen LogP contribution is 2.13. The summed E-state index contributed by atoms with van der Waals surface area (Å²) in [6, 6.07) is 0. The fourth-order valence-electron chi connectivity index (χ4n) is 1.93. The quantitative estimate of drug-likeness (QED) is 0.501. The van der Waals surface area contributed by atoms with Gasteiger partial charge in [0.05, 0.1) is 6.61 Å². The van der Waals surface area contributed by atoms with Crippen LogP contribution >= 0.6 is 0 Å². The van der Waals surface area contributed by atoms with E-state index in [4.69, 9.17) is 4.74 Å². The summed E-state index contributed by atoms with van der Waals surface area (Å²) < 4.78 is 25.5. The Morgan fingerprint density at radius 3 is 2.69 bits per heavy atom. The third-order valence-corrected chi connectivity index (χ3v) is 3.76. The first kappa shape index (κ1) is 14.1. The topological polar surface area (TPSA) is 61.8 Å². The van der Waals surface area contributed by atoms with E-state index in [1.807, 2.05) is 0 Å². The molecule has 0 aromatic heterocycles. The van der Waals surface area contributed by atoms with Crippen LogP contribution in [0.4, 0.5) is 0 Å². The first-order valence-electron chi connectivity index (χ1n) is 5.79. The molecule has 1 aliphatic rings. The summed E-state index contributed by atoms with van der Waals surface area (Å²) in [7, 11) is 1.65. The predicted octanol–water partition coefficient (Wildman–Crippen LogP) is 0.256. The Bertz CT molecular complexity index is 210. The number of methoxy groups -OCH3 is 1. The predicted molar refractivity (Wildman–Crippen MR) is 64.7 cm³/mol. The average molecular weight is 250 g/mol. The Balaban J connectivity index is 2.31. The lowest BCUT2D eigenvalue weighted by Gasteiger charge is -2.32. The van der Waals surface area contributed by atoms with Crippen LogP contribution in [0.15, 0.2) is 0 Å². The van der Waals surface area contributed by atoms with Gasteiger partial charge in [0.2, 0.25) is 0 Å². The molecule has 96 valence electrons. The van der Waals surface area contributed by atoms with E-state index in [1.54, 1.807) is 7.11 Å². The molecule has 1 fully saturated rings. The summed E-state index contributed by atoms with van der Waals surface area (Å²) in [5.41, 5.74) is 0. The summed E-state index contributed by atoms with van der Waals surface area (Å²) in [5.74, 6) is 0. The molecule has 2 N–H and O–H groups in total. The van der Waals surface area contributed by atoms with E-state index in [9.17, 15) is 8.76 Å². The average Bonchev–Trinajstić information content (AvgIpc) is 2.30. The largest absolute Gasteiger partial charge is 0.383 e. The van der Waals surface area contributed by atoms with Gasteiger partial charge in [-0.3, -0.25) is 4.90 Å². The van der Waals surface area contributed by atoms with E-state index in [0.717, 1.165) is 32.5 Å². The molecule has 1 rings (SSSR count). The molecule has 2 unspecified atom stereocenters. The van der Waals surface area contributed by atoms with E-state index in [-0.39, 0.29) is 5.37 Å². The molecule has 0 spiro atoms. The van der Waals surface area contributed by atoms with Crippen molar-refractivity contribution < 1.29 is 13.5 Å². The Morgan fingerprint density at radius 1 is 1.44 bits per heavy atom. The van der Waals surface area contributed by atoms with Crippen LogP contribution in [0.1, 0.15) is 19.3 Å². The fraction of sp³-hybridized carbons (Fsp3) is 1.00. The first-order valence-corrected chi connectivity index (χ1v) is 6.96. The van der Waals surface area contributed by atoms with Gasteiger partial charge in [0.1, 0.15) is 5.37 Å². The molecule has 2 atom stereocenters. The van der Waals surface area contributed by atoms with Crippen LogP contribution in [0.25, 0.3) is 0 Å². The minimum absolute atomic E-state index is 0.280. The summed E-state index contributed by atoms with van der Waals surface area (Å²) in [5, 5.41) is 2.86. The molecule has 5 nitrogen and oxygen atoms in total. The van der Waals surface area contributed by atoms with Crippen molar-refractivity contribution in [3.63, 3.8) is 0 Å². The van der Waals surface area contributed by atoms with Crippen LogP contribution in [0.2, 0.25) is 0 Å². The van der Waals surface area contributed by atoms with Gasteiger partial charge in [0.15, 0.2) is 11.1 Å². The van der Waals surface area contributed by atoms with Crippen LogP contribution in [-0.4, -0.2) is 58.9 Å². The number of hydrogen-bond donors (Lipinski definition) is 2. The fourth-order valence-corrected chi connectivity index (χ4v) is 2.66. The van der Waals surface area contributed by atoms with Gasteiger partial charge in [-0.1, -0.05) is 6.42 Å². The third-order valence-electron chi connectivity index (χ3n) is 2.83. The van der Waals surface area contributed by atoms with Gasteiger partial charge in [-0.05, 0) is 25.9 Å². The zero-order valence-corrected chi connectivity index (χ0v) is 10.7. The molecule has 1 heterocycles. The SMILES string of the molecule is COCCNCC(N1CCCCC1)S(=O)O. The molecule has 0 radical (unpaired) electrons. The van der Waals surface area contributed by atoms with Crippen molar-refractivity contribution in [3.05, 3.63) is 0 Å². The van der Waals surface area contributed by atoms with Crippen LogP contribution in [0.3, 0.4) is 0 Å². The monoisotopic (exact) mass is 250 g/mol. The molecule has 0 aromatic rings. The van der Waals surface area contributed by atoms with Crippen molar-refractivity contribution >= 4 is 11.1 Å². The van der Waals surface area contributed by atoms with Gasteiger partial charge < -0.3 is 14.6 Å². The second-order valence-electron chi connectivity index (χ2n) is 4.02. The lowest BCUT2D eigenvalue weighted by atomic mass is 10.1. The molecular weight excluding hydrogens is 228 g/mol. The van der Waals surface area contributed by atoms with Crippen LogP contribution in [0.5, 0.6) is 0 Å². The Kier molecular flexibility index (Phi) is 7.15. The first-order chi connectivity index (χ1) is 7.75. The van der Waals surface area contributed by atoms with Gasteiger partial charge in [-0.25, -0.2) is 4.21 Å². The highest BCUT2D eigenvalue weighted by molar-refractivity contribution is 7.79. The van der Waals surface area contributed by atoms with Crippen molar-refractivity contribution in [2.45, 2.75) is 24.6 Å². The number of nitrogens with zero attached hydrogens (tertiary/aromatic N) is 1. The normalized spacial score (nSPS) is 21.9. The molecular formula is C10H22N2O3S. The number of hydrogen-bond acceptors (Lipinski definition) is 4. The zero-order chi connectivity index (χ0) is 11.8. The maximum atomic E-state index is 11.3. The second kappa shape index (κ2) is 8.14. The maximum absolute atomic E-state index is 11.3. The van der Waals surface area contributed by atoms with Gasteiger partial charge in [0, 0.05) is 20.2 Å². The number of rotatable bonds is 7. The van der Waals surface area contributed by atoms with E-state index in [0.29, 0.717) is 13.2 Å². The molecule has 0 saturated carbocycles. The van der Waals surface area contributed by atoms with Gasteiger partial charge in [-0.2, -0.15) is 0 Å². The second-order valence-corrected chi connectivity index (χ2v) is 5.12. The molecule has 0 bridgehead atoms. The molecule has 0 amide bonds. The lowest BCUT2D eigenvalue weighted by Crippen LogP contribution is -2.47. The number of nitrogens with one attached hydrogen (secondary N) is 1. The summed E-state index contributed by atoms with van der Waals surface area (Å²) in [4.78, 5) is 2.11. The van der Waals surface area contributed by atoms with E-state index in [2.05, 4.69) is 10.2 Å². The number of piperidine rings is 1. The van der Waals surface area contributed by atoms with Crippen molar-refractivity contribution in [2.75, 3.05) is 39.9 Å². The molecule has 6 heteroatoms. The van der Waals surface area contributed by atoms with E-state index >= 15 is 0 Å². The number of likely N-dealkylation sites (tertiary alicyclic amines) is 1. The Labute approximate surface area is 99.8 Å². The summed E-state index contributed by atoms with van der Waals surface area (Å²) in [6.07, 6.45) is 3.50. The molecule has 0 aliphatic carbocycles. The minimum atomic E-state index is -1.78. The molecule has 0 aromatic carbocycles. The van der Waals surface area contributed by atoms with Crippen LogP contribution < -0.4 is 5.32 Å². The summed E-state index contributed by atoms with van der Waals surface area (Å²) in [6.45, 7) is 3.77. The van der Waals surface area contributed by atoms with Crippen molar-refractivity contribution in [2.24, 2.45) is 0 Å². The number of ether oxygens (including phenoxy) is 1. The van der Waals surface area contributed by atoms with Crippen molar-refractivity contribution in [3.8, 4) is 0 Å². The minimum Gasteiger partial charge on any atom is -0.383 e. The highest BCUT2D eigenvalue weighted by atomic mass is 32.2. The molecule has 1 saturated heterocycles. The highest BCUT2D eigenvalue weighted by Gasteiger charge is 2.24.